The molecule has 0 spiro atoms. The molecule has 0 aliphatic rings. The van der Waals surface area contributed by atoms with Crippen LogP contribution in [-0.4, -0.2) is 22.8 Å². The Kier molecular flexibility index (Phi) is 7.36. The van der Waals surface area contributed by atoms with Crippen molar-refractivity contribution in [1.29, 1.82) is 0 Å². The van der Waals surface area contributed by atoms with Crippen LogP contribution in [0, 0.1) is 5.82 Å². The molecule has 3 nitrogen and oxygen atoms in total. The van der Waals surface area contributed by atoms with E-state index in [4.69, 9.17) is 4.74 Å². The maximum absolute atomic E-state index is 14.4. The minimum Gasteiger partial charge on any atom is -0.488 e. The molecule has 1 aromatic carbocycles. The fraction of sp³-hybridized carbons (Fsp3) is 0.286. The third-order valence-electron chi connectivity index (χ3n) is 3.68. The van der Waals surface area contributed by atoms with E-state index in [1.165, 1.54) is 6.07 Å². The predicted octanol–water partition coefficient (Wildman–Crippen LogP) is 5.02. The number of halogens is 1. The van der Waals surface area contributed by atoms with Crippen LogP contribution in [0.2, 0.25) is 0 Å². The molecule has 2 aromatic rings. The molecule has 1 unspecified atom stereocenters. The van der Waals surface area contributed by atoms with Crippen LogP contribution in [0.25, 0.3) is 17.3 Å². The van der Waals surface area contributed by atoms with Crippen molar-refractivity contribution in [1.82, 2.24) is 4.98 Å². The zero-order chi connectivity index (χ0) is 18.1. The van der Waals surface area contributed by atoms with Crippen molar-refractivity contribution in [2.45, 2.75) is 32.3 Å². The van der Waals surface area contributed by atoms with Crippen LogP contribution in [0.4, 0.5) is 4.39 Å². The van der Waals surface area contributed by atoms with E-state index in [0.29, 0.717) is 23.6 Å². The number of benzene rings is 1. The fourth-order valence-corrected chi connectivity index (χ4v) is 2.37. The standard InChI is InChI=1S/C21H24FNO2/c1-3-13-25-18-10-12-21(23-15-18)19-11-9-17(14-20(19)22)8-6-4-5-7-16(2)24/h3,6,8-12,14-16,24H,1,4-5,7,13H2,2H3. The van der Waals surface area contributed by atoms with Crippen LogP contribution in [0.1, 0.15) is 31.7 Å². The van der Waals surface area contributed by atoms with Crippen molar-refractivity contribution in [3.63, 3.8) is 0 Å². The second kappa shape index (κ2) is 9.74. The van der Waals surface area contributed by atoms with E-state index in [1.54, 1.807) is 37.4 Å². The molecule has 1 N–H and O–H groups in total. The summed E-state index contributed by atoms with van der Waals surface area (Å²) in [7, 11) is 0. The summed E-state index contributed by atoms with van der Waals surface area (Å²) >= 11 is 0. The predicted molar refractivity (Wildman–Crippen MR) is 99.9 cm³/mol. The maximum atomic E-state index is 14.4. The molecule has 25 heavy (non-hydrogen) atoms. The molecule has 0 saturated carbocycles. The lowest BCUT2D eigenvalue weighted by Gasteiger charge is -2.06. The Balaban J connectivity index is 2.01. The first kappa shape index (κ1) is 18.9. The Morgan fingerprint density at radius 3 is 2.80 bits per heavy atom. The van der Waals surface area contributed by atoms with Crippen molar-refractivity contribution >= 4 is 6.08 Å². The Hall–Kier alpha value is -2.46. The van der Waals surface area contributed by atoms with Crippen LogP contribution in [0.15, 0.2) is 55.3 Å². The van der Waals surface area contributed by atoms with Gasteiger partial charge < -0.3 is 9.84 Å². The number of pyridine rings is 1. The van der Waals surface area contributed by atoms with Crippen LogP contribution in [0.5, 0.6) is 5.75 Å². The molecule has 0 bridgehead atoms. The molecule has 0 amide bonds. The van der Waals surface area contributed by atoms with Crippen LogP contribution < -0.4 is 4.74 Å². The third kappa shape index (κ3) is 6.16. The minimum atomic E-state index is -0.307. The number of ether oxygens (including phenoxy) is 1. The summed E-state index contributed by atoms with van der Waals surface area (Å²) in [5.41, 5.74) is 1.83. The van der Waals surface area contributed by atoms with Gasteiger partial charge in [0.05, 0.1) is 18.0 Å². The Morgan fingerprint density at radius 1 is 1.32 bits per heavy atom. The van der Waals surface area contributed by atoms with Gasteiger partial charge in [0.15, 0.2) is 0 Å². The molecule has 2 rings (SSSR count). The summed E-state index contributed by atoms with van der Waals surface area (Å²) in [6, 6.07) is 8.61. The van der Waals surface area contributed by atoms with E-state index in [1.807, 2.05) is 18.2 Å². The van der Waals surface area contributed by atoms with Gasteiger partial charge in [-0.15, -0.1) is 0 Å². The first-order valence-electron chi connectivity index (χ1n) is 8.44. The highest BCUT2D eigenvalue weighted by atomic mass is 19.1. The summed E-state index contributed by atoms with van der Waals surface area (Å²) in [5, 5.41) is 9.21. The van der Waals surface area contributed by atoms with E-state index in [2.05, 4.69) is 11.6 Å². The van der Waals surface area contributed by atoms with Gasteiger partial charge >= 0.3 is 0 Å². The first-order valence-corrected chi connectivity index (χ1v) is 8.44. The minimum absolute atomic E-state index is 0.272. The van der Waals surface area contributed by atoms with Gasteiger partial charge in [-0.25, -0.2) is 4.39 Å². The molecule has 0 saturated heterocycles. The highest BCUT2D eigenvalue weighted by Crippen LogP contribution is 2.24. The summed E-state index contributed by atoms with van der Waals surface area (Å²) < 4.78 is 19.7. The van der Waals surface area contributed by atoms with Gasteiger partial charge in [-0.1, -0.05) is 30.9 Å². The van der Waals surface area contributed by atoms with E-state index >= 15 is 0 Å². The summed E-state index contributed by atoms with van der Waals surface area (Å²) in [6.45, 7) is 5.78. The van der Waals surface area contributed by atoms with E-state index < -0.39 is 0 Å². The van der Waals surface area contributed by atoms with E-state index in [9.17, 15) is 9.50 Å². The lowest BCUT2D eigenvalue weighted by atomic mass is 10.1. The molecule has 4 heteroatoms. The monoisotopic (exact) mass is 341 g/mol. The van der Waals surface area contributed by atoms with E-state index in [0.717, 1.165) is 24.8 Å². The van der Waals surface area contributed by atoms with Crippen LogP contribution >= 0.6 is 0 Å². The number of hydrogen-bond acceptors (Lipinski definition) is 3. The summed E-state index contributed by atoms with van der Waals surface area (Å²) in [6.07, 6.45) is 9.41. The van der Waals surface area contributed by atoms with E-state index in [-0.39, 0.29) is 11.9 Å². The summed E-state index contributed by atoms with van der Waals surface area (Å²) in [4.78, 5) is 4.25. The van der Waals surface area contributed by atoms with Gasteiger partial charge in [0.1, 0.15) is 18.2 Å². The van der Waals surface area contributed by atoms with Gasteiger partial charge in [-0.3, -0.25) is 4.98 Å². The number of unbranched alkanes of at least 4 members (excludes halogenated alkanes) is 1. The number of aliphatic hydroxyl groups excluding tert-OH is 1. The first-order chi connectivity index (χ1) is 12.1. The van der Waals surface area contributed by atoms with Crippen LogP contribution in [0.3, 0.4) is 0 Å². The molecular formula is C21H24FNO2. The molecule has 132 valence electrons. The van der Waals surface area contributed by atoms with Crippen molar-refractivity contribution in [2.75, 3.05) is 6.61 Å². The second-order valence-corrected chi connectivity index (χ2v) is 5.90. The molecule has 1 aromatic heterocycles. The van der Waals surface area contributed by atoms with Crippen molar-refractivity contribution in [2.24, 2.45) is 0 Å². The van der Waals surface area contributed by atoms with Gasteiger partial charge in [-0.05, 0) is 56.0 Å². The molecule has 1 heterocycles. The highest BCUT2D eigenvalue weighted by Gasteiger charge is 2.07. The molecule has 0 fully saturated rings. The SMILES string of the molecule is C=CCOc1ccc(-c2ccc(C=CCCCC(C)O)cc2F)nc1. The average molecular weight is 341 g/mol. The van der Waals surface area contributed by atoms with Crippen molar-refractivity contribution in [3.05, 3.63) is 66.6 Å². The molecule has 0 radical (unpaired) electrons. The lowest BCUT2D eigenvalue weighted by molar-refractivity contribution is 0.182. The van der Waals surface area contributed by atoms with Gasteiger partial charge in [0, 0.05) is 5.56 Å². The molecular weight excluding hydrogens is 317 g/mol. The smallest absolute Gasteiger partial charge is 0.138 e. The normalized spacial score (nSPS) is 12.3. The highest BCUT2D eigenvalue weighted by molar-refractivity contribution is 5.63. The number of hydrogen-bond donors (Lipinski definition) is 1. The van der Waals surface area contributed by atoms with Crippen molar-refractivity contribution in [3.8, 4) is 17.0 Å². The zero-order valence-electron chi connectivity index (χ0n) is 14.5. The number of nitrogens with zero attached hydrogens (tertiary/aromatic N) is 1. The maximum Gasteiger partial charge on any atom is 0.138 e. The largest absolute Gasteiger partial charge is 0.488 e. The topological polar surface area (TPSA) is 42.4 Å². The quantitative estimate of drug-likeness (QED) is 0.514. The molecule has 0 aliphatic carbocycles. The zero-order valence-corrected chi connectivity index (χ0v) is 14.5. The number of rotatable bonds is 9. The average Bonchev–Trinajstić information content (AvgIpc) is 2.60. The van der Waals surface area contributed by atoms with Gasteiger partial charge in [0.2, 0.25) is 0 Å². The third-order valence-corrected chi connectivity index (χ3v) is 3.68. The number of allylic oxidation sites excluding steroid dienone is 1. The Labute approximate surface area is 148 Å². The van der Waals surface area contributed by atoms with Crippen molar-refractivity contribution < 1.29 is 14.2 Å². The fourth-order valence-electron chi connectivity index (χ4n) is 2.37. The van der Waals surface area contributed by atoms with Crippen LogP contribution in [-0.2, 0) is 0 Å². The molecule has 0 aliphatic heterocycles. The number of aromatic nitrogens is 1. The molecule has 1 atom stereocenters. The van der Waals surface area contributed by atoms with Gasteiger partial charge in [0.25, 0.3) is 0 Å². The second-order valence-electron chi connectivity index (χ2n) is 5.90. The Morgan fingerprint density at radius 2 is 2.16 bits per heavy atom. The Bertz CT molecular complexity index is 708. The lowest BCUT2D eigenvalue weighted by Crippen LogP contribution is -1.97. The number of aliphatic hydroxyl groups is 1. The summed E-state index contributed by atoms with van der Waals surface area (Å²) in [5.74, 6) is 0.319. The van der Waals surface area contributed by atoms with Gasteiger partial charge in [-0.2, -0.15) is 0 Å².